The van der Waals surface area contributed by atoms with Crippen LogP contribution in [0.25, 0.3) is 0 Å². The highest BCUT2D eigenvalue weighted by Crippen LogP contribution is 2.32. The molecule has 0 aliphatic carbocycles. The average molecular weight is 392 g/mol. The highest BCUT2D eigenvalue weighted by Gasteiger charge is 2.14. The van der Waals surface area contributed by atoms with E-state index in [1.165, 1.54) is 0 Å². The zero-order chi connectivity index (χ0) is 13.1. The number of rotatable bonds is 4. The van der Waals surface area contributed by atoms with E-state index in [0.29, 0.717) is 6.42 Å². The monoisotopic (exact) mass is 390 g/mol. The first-order valence-corrected chi connectivity index (χ1v) is 7.76. The van der Waals surface area contributed by atoms with Gasteiger partial charge in [-0.2, -0.15) is 0 Å². The number of halogens is 2. The molecule has 1 aromatic heterocycles. The van der Waals surface area contributed by atoms with E-state index in [1.807, 2.05) is 30.3 Å². The summed E-state index contributed by atoms with van der Waals surface area (Å²) in [7, 11) is 1.64. The summed E-state index contributed by atoms with van der Waals surface area (Å²) in [5, 5.41) is 10.2. The zero-order valence-electron chi connectivity index (χ0n) is 9.69. The highest BCUT2D eigenvalue weighted by molar-refractivity contribution is 9.11. The van der Waals surface area contributed by atoms with E-state index in [9.17, 15) is 5.11 Å². The van der Waals surface area contributed by atoms with E-state index in [0.717, 1.165) is 24.4 Å². The van der Waals surface area contributed by atoms with E-state index in [-0.39, 0.29) is 0 Å². The standard InChI is InChI=1S/C13H12Br2O2S/c1-17-11-3-2-9(14)6-8(11)7-10(16)12-4-5-13(15)18-12/h2-6,10,16H,7H2,1H3. The lowest BCUT2D eigenvalue weighted by atomic mass is 10.1. The predicted octanol–water partition coefficient (Wildman–Crippen LogP) is 4.56. The quantitative estimate of drug-likeness (QED) is 0.827. The predicted molar refractivity (Wildman–Crippen MR) is 81.4 cm³/mol. The normalized spacial score (nSPS) is 12.4. The molecule has 1 aromatic carbocycles. The molecule has 1 atom stereocenters. The van der Waals surface area contributed by atoms with Crippen LogP contribution in [0, 0.1) is 0 Å². The van der Waals surface area contributed by atoms with Crippen LogP contribution in [-0.2, 0) is 6.42 Å². The van der Waals surface area contributed by atoms with E-state index < -0.39 is 6.10 Å². The van der Waals surface area contributed by atoms with Gasteiger partial charge in [0.15, 0.2) is 0 Å². The molecule has 96 valence electrons. The zero-order valence-corrected chi connectivity index (χ0v) is 13.7. The second kappa shape index (κ2) is 6.19. The Bertz CT molecular complexity index is 540. The van der Waals surface area contributed by atoms with Crippen molar-refractivity contribution in [2.24, 2.45) is 0 Å². The molecule has 0 saturated heterocycles. The van der Waals surface area contributed by atoms with Crippen molar-refractivity contribution in [1.29, 1.82) is 0 Å². The lowest BCUT2D eigenvalue weighted by Crippen LogP contribution is -2.01. The summed E-state index contributed by atoms with van der Waals surface area (Å²) in [6.07, 6.45) is 0.0275. The molecule has 1 heterocycles. The Kier molecular flexibility index (Phi) is 4.84. The maximum atomic E-state index is 10.2. The van der Waals surface area contributed by atoms with Gasteiger partial charge in [0.1, 0.15) is 5.75 Å². The number of hydrogen-bond acceptors (Lipinski definition) is 3. The maximum absolute atomic E-state index is 10.2. The fraction of sp³-hybridized carbons (Fsp3) is 0.231. The summed E-state index contributed by atoms with van der Waals surface area (Å²) in [4.78, 5) is 0.948. The minimum Gasteiger partial charge on any atom is -0.496 e. The minimum absolute atomic E-state index is 0.510. The first-order valence-electron chi connectivity index (χ1n) is 5.36. The lowest BCUT2D eigenvalue weighted by Gasteiger charge is -2.12. The molecule has 5 heteroatoms. The third kappa shape index (κ3) is 3.35. The number of hydrogen-bond donors (Lipinski definition) is 1. The number of aliphatic hydroxyl groups excluding tert-OH is 1. The number of ether oxygens (including phenoxy) is 1. The molecule has 2 rings (SSSR count). The van der Waals surface area contributed by atoms with Crippen LogP contribution in [0.5, 0.6) is 5.75 Å². The van der Waals surface area contributed by atoms with Gasteiger partial charge in [0.2, 0.25) is 0 Å². The molecule has 1 unspecified atom stereocenters. The molecule has 18 heavy (non-hydrogen) atoms. The van der Waals surface area contributed by atoms with Gasteiger partial charge in [0, 0.05) is 15.8 Å². The van der Waals surface area contributed by atoms with Crippen LogP contribution >= 0.6 is 43.2 Å². The van der Waals surface area contributed by atoms with Crippen LogP contribution < -0.4 is 4.74 Å². The summed E-state index contributed by atoms with van der Waals surface area (Å²) in [6, 6.07) is 9.68. The van der Waals surface area contributed by atoms with Gasteiger partial charge in [-0.3, -0.25) is 0 Å². The van der Waals surface area contributed by atoms with Gasteiger partial charge < -0.3 is 9.84 Å². The summed E-state index contributed by atoms with van der Waals surface area (Å²) in [6.45, 7) is 0. The van der Waals surface area contributed by atoms with E-state index in [4.69, 9.17) is 4.74 Å². The molecule has 0 amide bonds. The van der Waals surface area contributed by atoms with Gasteiger partial charge in [-0.05, 0) is 51.8 Å². The fourth-order valence-electron chi connectivity index (χ4n) is 1.72. The van der Waals surface area contributed by atoms with Crippen molar-refractivity contribution in [3.8, 4) is 5.75 Å². The fourth-order valence-corrected chi connectivity index (χ4v) is 3.54. The van der Waals surface area contributed by atoms with Crippen LogP contribution in [-0.4, -0.2) is 12.2 Å². The lowest BCUT2D eigenvalue weighted by molar-refractivity contribution is 0.181. The number of thiophene rings is 1. The van der Waals surface area contributed by atoms with E-state index >= 15 is 0 Å². The van der Waals surface area contributed by atoms with Crippen molar-refractivity contribution in [3.63, 3.8) is 0 Å². The summed E-state index contributed by atoms with van der Waals surface area (Å²) in [5.74, 6) is 0.799. The van der Waals surface area contributed by atoms with Crippen molar-refractivity contribution in [3.05, 3.63) is 49.0 Å². The van der Waals surface area contributed by atoms with Crippen molar-refractivity contribution < 1.29 is 9.84 Å². The Morgan fingerprint density at radius 2 is 2.06 bits per heavy atom. The van der Waals surface area contributed by atoms with Gasteiger partial charge in [-0.15, -0.1) is 11.3 Å². The van der Waals surface area contributed by atoms with Crippen LogP contribution in [0.3, 0.4) is 0 Å². The number of methoxy groups -OCH3 is 1. The molecule has 0 radical (unpaired) electrons. The number of benzene rings is 1. The third-order valence-corrected chi connectivity index (χ3v) is 4.80. The van der Waals surface area contributed by atoms with Gasteiger partial charge >= 0.3 is 0 Å². The van der Waals surface area contributed by atoms with Crippen LogP contribution in [0.15, 0.2) is 38.6 Å². The Hall–Kier alpha value is -0.360. The molecule has 2 aromatic rings. The molecule has 0 bridgehead atoms. The first kappa shape index (κ1) is 14.1. The SMILES string of the molecule is COc1ccc(Br)cc1CC(O)c1ccc(Br)s1. The minimum atomic E-state index is -0.510. The largest absolute Gasteiger partial charge is 0.496 e. The number of aliphatic hydroxyl groups is 1. The van der Waals surface area contributed by atoms with Crippen molar-refractivity contribution >= 4 is 43.2 Å². The molecule has 0 aliphatic heterocycles. The van der Waals surface area contributed by atoms with E-state index in [2.05, 4.69) is 31.9 Å². The Labute approximate surface area is 127 Å². The molecule has 0 saturated carbocycles. The Morgan fingerprint density at radius 1 is 1.28 bits per heavy atom. The van der Waals surface area contributed by atoms with Gasteiger partial charge in [-0.1, -0.05) is 15.9 Å². The van der Waals surface area contributed by atoms with Gasteiger partial charge in [0.25, 0.3) is 0 Å². The second-order valence-corrected chi connectivity index (χ2v) is 7.23. The van der Waals surface area contributed by atoms with Crippen molar-refractivity contribution in [1.82, 2.24) is 0 Å². The molecular weight excluding hydrogens is 380 g/mol. The van der Waals surface area contributed by atoms with Crippen molar-refractivity contribution in [2.45, 2.75) is 12.5 Å². The van der Waals surface area contributed by atoms with Crippen LogP contribution in [0.4, 0.5) is 0 Å². The molecule has 0 spiro atoms. The molecule has 0 aliphatic rings. The second-order valence-electron chi connectivity index (χ2n) is 3.82. The summed E-state index contributed by atoms with van der Waals surface area (Å²) >= 11 is 8.38. The first-order chi connectivity index (χ1) is 8.60. The molecule has 0 fully saturated rings. The van der Waals surface area contributed by atoms with Crippen LogP contribution in [0.2, 0.25) is 0 Å². The van der Waals surface area contributed by atoms with Crippen molar-refractivity contribution in [2.75, 3.05) is 7.11 Å². The van der Waals surface area contributed by atoms with Gasteiger partial charge in [0.05, 0.1) is 17.0 Å². The summed E-state index contributed by atoms with van der Waals surface area (Å²) in [5.41, 5.74) is 0.990. The topological polar surface area (TPSA) is 29.5 Å². The summed E-state index contributed by atoms with van der Waals surface area (Å²) < 4.78 is 7.31. The highest BCUT2D eigenvalue weighted by atomic mass is 79.9. The third-order valence-electron chi connectivity index (χ3n) is 2.58. The smallest absolute Gasteiger partial charge is 0.122 e. The van der Waals surface area contributed by atoms with Gasteiger partial charge in [-0.25, -0.2) is 0 Å². The molecule has 1 N–H and O–H groups in total. The molecule has 2 nitrogen and oxygen atoms in total. The van der Waals surface area contributed by atoms with Crippen LogP contribution in [0.1, 0.15) is 16.5 Å². The Balaban J connectivity index is 2.20. The van der Waals surface area contributed by atoms with E-state index in [1.54, 1.807) is 18.4 Å². The Morgan fingerprint density at radius 3 is 2.67 bits per heavy atom. The maximum Gasteiger partial charge on any atom is 0.122 e. The molecular formula is C13H12Br2O2S. The average Bonchev–Trinajstić information content (AvgIpc) is 2.76.